The van der Waals surface area contributed by atoms with Crippen LogP contribution in [0, 0.1) is 0 Å². The summed E-state index contributed by atoms with van der Waals surface area (Å²) < 4.78 is 11.1. The first-order valence-electron chi connectivity index (χ1n) is 9.39. The Labute approximate surface area is 152 Å². The average molecular weight is 348 g/mol. The lowest BCUT2D eigenvalue weighted by molar-refractivity contribution is 0.0420. The molecular weight excluding hydrogens is 314 g/mol. The van der Waals surface area contributed by atoms with E-state index in [1.165, 1.54) is 5.56 Å². The number of benzene rings is 1. The number of hydrogen-bond acceptors (Lipinski definition) is 3. The molecule has 0 saturated carbocycles. The van der Waals surface area contributed by atoms with E-state index in [1.54, 1.807) is 0 Å². The van der Waals surface area contributed by atoms with E-state index in [1.807, 2.05) is 6.07 Å². The van der Waals surface area contributed by atoms with Gasteiger partial charge in [-0.05, 0) is 25.3 Å². The second kappa shape index (κ2) is 10.4. The van der Waals surface area contributed by atoms with Crippen LogP contribution in [0.4, 0.5) is 0 Å². The molecule has 1 atom stereocenters. The minimum atomic E-state index is 0.00912. The molecule has 0 amide bonds. The summed E-state index contributed by atoms with van der Waals surface area (Å²) in [5.41, 5.74) is 1.32. The van der Waals surface area contributed by atoms with Crippen molar-refractivity contribution >= 4 is 5.96 Å². The fourth-order valence-electron chi connectivity index (χ4n) is 2.77. The molecule has 1 unspecified atom stereocenters. The Morgan fingerprint density at radius 3 is 2.76 bits per heavy atom. The zero-order valence-electron chi connectivity index (χ0n) is 15.9. The van der Waals surface area contributed by atoms with Crippen molar-refractivity contribution in [1.29, 1.82) is 0 Å². The quantitative estimate of drug-likeness (QED) is 0.410. The van der Waals surface area contributed by atoms with Crippen LogP contribution < -0.4 is 10.6 Å². The molecule has 0 aliphatic carbocycles. The van der Waals surface area contributed by atoms with Crippen molar-refractivity contribution in [2.75, 3.05) is 39.5 Å². The summed E-state index contributed by atoms with van der Waals surface area (Å²) >= 11 is 0. The van der Waals surface area contributed by atoms with Crippen molar-refractivity contribution in [2.45, 2.75) is 45.1 Å². The van der Waals surface area contributed by atoms with E-state index in [9.17, 15) is 0 Å². The van der Waals surface area contributed by atoms with Gasteiger partial charge < -0.3 is 20.1 Å². The van der Waals surface area contributed by atoms with Gasteiger partial charge in [0.1, 0.15) is 0 Å². The van der Waals surface area contributed by atoms with Gasteiger partial charge in [0.15, 0.2) is 5.96 Å². The van der Waals surface area contributed by atoms with Crippen LogP contribution in [0.2, 0.25) is 0 Å². The lowest BCUT2D eigenvalue weighted by Crippen LogP contribution is -2.39. The molecule has 0 bridgehead atoms. The zero-order valence-corrected chi connectivity index (χ0v) is 15.9. The molecule has 0 aromatic heterocycles. The van der Waals surface area contributed by atoms with E-state index in [2.05, 4.69) is 55.7 Å². The van der Waals surface area contributed by atoms with E-state index >= 15 is 0 Å². The molecule has 25 heavy (non-hydrogen) atoms. The fraction of sp³-hybridized carbons (Fsp3) is 0.650. The summed E-state index contributed by atoms with van der Waals surface area (Å²) in [4.78, 5) is 4.77. The van der Waals surface area contributed by atoms with Crippen LogP contribution in [0.15, 0.2) is 35.3 Å². The second-order valence-electron chi connectivity index (χ2n) is 7.08. The summed E-state index contributed by atoms with van der Waals surface area (Å²) in [6, 6.07) is 10.5. The lowest BCUT2D eigenvalue weighted by atomic mass is 9.85. The molecule has 5 nitrogen and oxygen atoms in total. The summed E-state index contributed by atoms with van der Waals surface area (Å²) in [6.07, 6.45) is 2.27. The molecule has 5 heteroatoms. The SMILES string of the molecule is CCNC(=NCC(C)(C)c1ccccc1)NCCCOC1CCOC1. The molecule has 1 aromatic rings. The maximum absolute atomic E-state index is 5.79. The highest BCUT2D eigenvalue weighted by atomic mass is 16.5. The van der Waals surface area contributed by atoms with Gasteiger partial charge in [-0.25, -0.2) is 0 Å². The molecule has 140 valence electrons. The Kier molecular flexibility index (Phi) is 8.22. The topological polar surface area (TPSA) is 54.9 Å². The number of nitrogens with zero attached hydrogens (tertiary/aromatic N) is 1. The first kappa shape index (κ1) is 19.7. The van der Waals surface area contributed by atoms with Gasteiger partial charge in [0.2, 0.25) is 0 Å². The van der Waals surface area contributed by atoms with Crippen molar-refractivity contribution in [1.82, 2.24) is 10.6 Å². The second-order valence-corrected chi connectivity index (χ2v) is 7.08. The van der Waals surface area contributed by atoms with Gasteiger partial charge >= 0.3 is 0 Å². The number of ether oxygens (including phenoxy) is 2. The first-order chi connectivity index (χ1) is 12.1. The smallest absolute Gasteiger partial charge is 0.191 e. The third-order valence-electron chi connectivity index (χ3n) is 4.39. The van der Waals surface area contributed by atoms with Gasteiger partial charge in [-0.3, -0.25) is 4.99 Å². The standard InChI is InChI=1S/C20H33N3O2/c1-4-21-19(22-12-8-13-25-18-11-14-24-15-18)23-16-20(2,3)17-9-6-5-7-10-17/h5-7,9-10,18H,4,8,11-16H2,1-3H3,(H2,21,22,23). The highest BCUT2D eigenvalue weighted by molar-refractivity contribution is 5.79. The highest BCUT2D eigenvalue weighted by Crippen LogP contribution is 2.22. The van der Waals surface area contributed by atoms with E-state index < -0.39 is 0 Å². The number of rotatable bonds is 9. The van der Waals surface area contributed by atoms with Gasteiger partial charge in [0, 0.05) is 31.7 Å². The molecule has 1 fully saturated rings. The van der Waals surface area contributed by atoms with Gasteiger partial charge in [-0.2, -0.15) is 0 Å². The minimum absolute atomic E-state index is 0.00912. The van der Waals surface area contributed by atoms with Crippen LogP contribution in [0.1, 0.15) is 39.2 Å². The lowest BCUT2D eigenvalue weighted by Gasteiger charge is -2.24. The Bertz CT molecular complexity index is 511. The molecule has 1 aromatic carbocycles. The predicted molar refractivity (Wildman–Crippen MR) is 103 cm³/mol. The van der Waals surface area contributed by atoms with Crippen molar-refractivity contribution in [2.24, 2.45) is 4.99 Å². The maximum Gasteiger partial charge on any atom is 0.191 e. The molecule has 2 N–H and O–H groups in total. The van der Waals surface area contributed by atoms with Crippen molar-refractivity contribution < 1.29 is 9.47 Å². The largest absolute Gasteiger partial charge is 0.379 e. The first-order valence-corrected chi connectivity index (χ1v) is 9.39. The van der Waals surface area contributed by atoms with Crippen molar-refractivity contribution in [3.8, 4) is 0 Å². The molecule has 0 radical (unpaired) electrons. The van der Waals surface area contributed by atoms with Crippen LogP contribution in [-0.2, 0) is 14.9 Å². The van der Waals surface area contributed by atoms with Crippen molar-refractivity contribution in [3.05, 3.63) is 35.9 Å². The number of aliphatic imine (C=N–C) groups is 1. The Morgan fingerprint density at radius 2 is 2.08 bits per heavy atom. The van der Waals surface area contributed by atoms with Gasteiger partial charge in [-0.15, -0.1) is 0 Å². The molecule has 1 saturated heterocycles. The number of guanidine groups is 1. The normalized spacial score (nSPS) is 18.4. The Balaban J connectivity index is 1.75. The van der Waals surface area contributed by atoms with E-state index in [0.717, 1.165) is 58.3 Å². The highest BCUT2D eigenvalue weighted by Gasteiger charge is 2.20. The Hall–Kier alpha value is -1.59. The number of nitrogens with one attached hydrogen (secondary N) is 2. The monoisotopic (exact) mass is 347 g/mol. The van der Waals surface area contributed by atoms with E-state index in [-0.39, 0.29) is 11.5 Å². The molecule has 1 aliphatic heterocycles. The fourth-order valence-corrected chi connectivity index (χ4v) is 2.77. The third kappa shape index (κ3) is 7.04. The zero-order chi connectivity index (χ0) is 18.0. The summed E-state index contributed by atoms with van der Waals surface area (Å²) in [6.45, 7) is 11.3. The van der Waals surface area contributed by atoms with Crippen molar-refractivity contribution in [3.63, 3.8) is 0 Å². The van der Waals surface area contributed by atoms with E-state index in [0.29, 0.717) is 0 Å². The third-order valence-corrected chi connectivity index (χ3v) is 4.39. The van der Waals surface area contributed by atoms with E-state index in [4.69, 9.17) is 14.5 Å². The molecule has 1 heterocycles. The van der Waals surface area contributed by atoms with Crippen LogP contribution >= 0.6 is 0 Å². The molecule has 0 spiro atoms. The maximum atomic E-state index is 5.79. The Morgan fingerprint density at radius 1 is 1.28 bits per heavy atom. The summed E-state index contributed by atoms with van der Waals surface area (Å²) in [7, 11) is 0. The molecule has 2 rings (SSSR count). The predicted octanol–water partition coefficient (Wildman–Crippen LogP) is 2.71. The van der Waals surface area contributed by atoms with Crippen LogP contribution in [-0.4, -0.2) is 51.5 Å². The van der Waals surface area contributed by atoms with Crippen LogP contribution in [0.5, 0.6) is 0 Å². The van der Waals surface area contributed by atoms with Crippen LogP contribution in [0.25, 0.3) is 0 Å². The molecule has 1 aliphatic rings. The van der Waals surface area contributed by atoms with Gasteiger partial charge in [0.25, 0.3) is 0 Å². The minimum Gasteiger partial charge on any atom is -0.379 e. The van der Waals surface area contributed by atoms with Gasteiger partial charge in [-0.1, -0.05) is 44.2 Å². The van der Waals surface area contributed by atoms with Gasteiger partial charge in [0.05, 0.1) is 19.3 Å². The summed E-state index contributed by atoms with van der Waals surface area (Å²) in [5, 5.41) is 6.71. The average Bonchev–Trinajstić information content (AvgIpc) is 3.13. The molecular formula is C20H33N3O2. The summed E-state index contributed by atoms with van der Waals surface area (Å²) in [5.74, 6) is 0.871. The van der Waals surface area contributed by atoms with Crippen LogP contribution in [0.3, 0.4) is 0 Å². The number of hydrogen-bond donors (Lipinski definition) is 2.